The van der Waals surface area contributed by atoms with Crippen LogP contribution in [0.1, 0.15) is 22.8 Å². The van der Waals surface area contributed by atoms with E-state index in [1.54, 1.807) is 0 Å². The number of hydrogen-bond donors (Lipinski definition) is 0. The monoisotopic (exact) mass is 390 g/mol. The van der Waals surface area contributed by atoms with Crippen LogP contribution in [-0.4, -0.2) is 18.4 Å². The first-order valence-electron chi connectivity index (χ1n) is 4.96. The summed E-state index contributed by atoms with van der Waals surface area (Å²) in [6, 6.07) is 1.42. The second-order valence-corrected chi connectivity index (χ2v) is 4.61. The molecule has 104 valence electrons. The smallest absolute Gasteiger partial charge is 0.419 e. The number of carbonyl (C=O) groups excluding carboxylic acids is 2. The summed E-state index contributed by atoms with van der Waals surface area (Å²) in [7, 11) is 0. The molecular weight excluding hydrogens is 383 g/mol. The van der Waals surface area contributed by atoms with E-state index < -0.39 is 34.9 Å². The molecule has 0 fully saturated rings. The first-order valence-corrected chi connectivity index (χ1v) is 6.04. The lowest BCUT2D eigenvalue weighted by Crippen LogP contribution is -2.21. The van der Waals surface area contributed by atoms with Gasteiger partial charge in [0.25, 0.3) is 5.78 Å². The molecule has 1 aromatic carbocycles. The van der Waals surface area contributed by atoms with Crippen molar-refractivity contribution in [2.24, 2.45) is 0 Å². The number of ether oxygens (including phenoxy) is 1. The van der Waals surface area contributed by atoms with Gasteiger partial charge in [0, 0.05) is 3.57 Å². The number of esters is 1. The third-order valence-corrected chi connectivity index (χ3v) is 2.67. The topological polar surface area (TPSA) is 43.4 Å². The summed E-state index contributed by atoms with van der Waals surface area (Å²) in [5, 5.41) is 0. The molecule has 0 heterocycles. The van der Waals surface area contributed by atoms with E-state index in [9.17, 15) is 27.2 Å². The van der Waals surface area contributed by atoms with Gasteiger partial charge in [0.15, 0.2) is 0 Å². The van der Waals surface area contributed by atoms with Crippen LogP contribution in [0.5, 0.6) is 0 Å². The molecule has 0 bridgehead atoms. The zero-order valence-electron chi connectivity index (χ0n) is 9.48. The predicted octanol–water partition coefficient (Wildman–Crippen LogP) is 3.19. The van der Waals surface area contributed by atoms with Crippen molar-refractivity contribution < 1.29 is 31.9 Å². The average molecular weight is 390 g/mol. The zero-order valence-corrected chi connectivity index (χ0v) is 11.6. The van der Waals surface area contributed by atoms with Crippen LogP contribution in [0, 0.1) is 9.39 Å². The molecule has 0 atom stereocenters. The summed E-state index contributed by atoms with van der Waals surface area (Å²) in [6.45, 7) is 1.28. The SMILES string of the molecule is CCOC(=O)C(=O)c1cc(I)cc(C(F)(F)F)c1F. The largest absolute Gasteiger partial charge is 0.460 e. The Hall–Kier alpha value is -1.19. The molecule has 0 unspecified atom stereocenters. The van der Waals surface area contributed by atoms with E-state index in [1.165, 1.54) is 29.5 Å². The minimum absolute atomic E-state index is 0.0148. The zero-order chi connectivity index (χ0) is 14.8. The van der Waals surface area contributed by atoms with Crippen LogP contribution in [0.3, 0.4) is 0 Å². The van der Waals surface area contributed by atoms with Crippen molar-refractivity contribution in [2.75, 3.05) is 6.61 Å². The second kappa shape index (κ2) is 5.85. The lowest BCUT2D eigenvalue weighted by molar-refractivity contribution is -0.140. The molecule has 19 heavy (non-hydrogen) atoms. The van der Waals surface area contributed by atoms with Crippen LogP contribution in [0.25, 0.3) is 0 Å². The van der Waals surface area contributed by atoms with E-state index in [-0.39, 0.29) is 10.2 Å². The van der Waals surface area contributed by atoms with Crippen LogP contribution < -0.4 is 0 Å². The molecule has 3 nitrogen and oxygen atoms in total. The molecule has 0 radical (unpaired) electrons. The van der Waals surface area contributed by atoms with Crippen LogP contribution in [0.2, 0.25) is 0 Å². The fourth-order valence-corrected chi connectivity index (χ4v) is 1.89. The fraction of sp³-hybridized carbons (Fsp3) is 0.273. The summed E-state index contributed by atoms with van der Waals surface area (Å²) in [6.07, 6.45) is -4.95. The van der Waals surface area contributed by atoms with Gasteiger partial charge >= 0.3 is 12.1 Å². The number of Topliss-reactive ketones (excluding diaryl/α,β-unsaturated/α-hetero) is 1. The minimum Gasteiger partial charge on any atom is -0.460 e. The number of halogens is 5. The quantitative estimate of drug-likeness (QED) is 0.262. The molecule has 0 N–H and O–H groups in total. The van der Waals surface area contributed by atoms with Gasteiger partial charge in [-0.25, -0.2) is 9.18 Å². The van der Waals surface area contributed by atoms with Crippen LogP contribution >= 0.6 is 22.6 Å². The van der Waals surface area contributed by atoms with Crippen molar-refractivity contribution in [3.63, 3.8) is 0 Å². The maximum absolute atomic E-state index is 13.6. The molecule has 1 rings (SSSR count). The van der Waals surface area contributed by atoms with Gasteiger partial charge < -0.3 is 4.74 Å². The second-order valence-electron chi connectivity index (χ2n) is 3.36. The number of ketones is 1. The Kier molecular flexibility index (Phi) is 4.88. The van der Waals surface area contributed by atoms with E-state index in [4.69, 9.17) is 0 Å². The maximum atomic E-state index is 13.6. The van der Waals surface area contributed by atoms with Crippen molar-refractivity contribution in [3.05, 3.63) is 32.6 Å². The van der Waals surface area contributed by atoms with Crippen molar-refractivity contribution in [3.8, 4) is 0 Å². The highest BCUT2D eigenvalue weighted by molar-refractivity contribution is 14.1. The van der Waals surface area contributed by atoms with Gasteiger partial charge in [-0.2, -0.15) is 13.2 Å². The standard InChI is InChI=1S/C11H7F4IO3/c1-2-19-10(18)9(17)6-3-5(16)4-7(8(6)12)11(13,14)15/h3-4H,2H2,1H3. The fourth-order valence-electron chi connectivity index (χ4n) is 1.27. The Labute approximate surface area is 119 Å². The van der Waals surface area contributed by atoms with Gasteiger partial charge in [0.2, 0.25) is 0 Å². The Balaban J connectivity index is 3.34. The Morgan fingerprint density at radius 3 is 2.37 bits per heavy atom. The first kappa shape index (κ1) is 15.9. The average Bonchev–Trinajstić information content (AvgIpc) is 2.29. The summed E-state index contributed by atoms with van der Waals surface area (Å²) in [5.41, 5.74) is -2.54. The number of benzene rings is 1. The predicted molar refractivity (Wildman–Crippen MR) is 65.1 cm³/mol. The van der Waals surface area contributed by atoms with Crippen LogP contribution in [0.15, 0.2) is 12.1 Å². The van der Waals surface area contributed by atoms with Gasteiger partial charge in [-0.15, -0.1) is 0 Å². The summed E-state index contributed by atoms with van der Waals surface area (Å²) in [4.78, 5) is 22.6. The molecule has 0 saturated heterocycles. The highest BCUT2D eigenvalue weighted by Crippen LogP contribution is 2.34. The van der Waals surface area contributed by atoms with Crippen LogP contribution in [0.4, 0.5) is 17.6 Å². The molecule has 0 aliphatic heterocycles. The van der Waals surface area contributed by atoms with Crippen molar-refractivity contribution in [1.82, 2.24) is 0 Å². The number of hydrogen-bond acceptors (Lipinski definition) is 3. The lowest BCUT2D eigenvalue weighted by Gasteiger charge is -2.11. The van der Waals surface area contributed by atoms with E-state index in [1.807, 2.05) is 0 Å². The van der Waals surface area contributed by atoms with E-state index in [0.717, 1.165) is 6.07 Å². The molecule has 1 aromatic rings. The maximum Gasteiger partial charge on any atom is 0.419 e. The van der Waals surface area contributed by atoms with E-state index in [2.05, 4.69) is 4.74 Å². The van der Waals surface area contributed by atoms with E-state index >= 15 is 0 Å². The Bertz CT molecular complexity index is 525. The number of carbonyl (C=O) groups is 2. The van der Waals surface area contributed by atoms with Gasteiger partial charge in [0.1, 0.15) is 5.82 Å². The molecule has 8 heteroatoms. The highest BCUT2D eigenvalue weighted by Gasteiger charge is 2.37. The van der Waals surface area contributed by atoms with Crippen molar-refractivity contribution in [2.45, 2.75) is 13.1 Å². The lowest BCUT2D eigenvalue weighted by atomic mass is 10.1. The highest BCUT2D eigenvalue weighted by atomic mass is 127. The molecule has 0 aromatic heterocycles. The Morgan fingerprint density at radius 2 is 1.89 bits per heavy atom. The molecule has 0 saturated carbocycles. The third kappa shape index (κ3) is 3.64. The molecular formula is C11H7F4IO3. The first-order chi connectivity index (χ1) is 8.68. The normalized spacial score (nSPS) is 11.3. The molecule has 0 aliphatic rings. The summed E-state index contributed by atoms with van der Waals surface area (Å²) in [5.74, 6) is -4.61. The van der Waals surface area contributed by atoms with Gasteiger partial charge in [-0.3, -0.25) is 4.79 Å². The molecule has 0 spiro atoms. The van der Waals surface area contributed by atoms with Gasteiger partial charge in [-0.1, -0.05) is 0 Å². The number of rotatable bonds is 3. The minimum atomic E-state index is -4.95. The van der Waals surface area contributed by atoms with Gasteiger partial charge in [-0.05, 0) is 41.6 Å². The van der Waals surface area contributed by atoms with Crippen molar-refractivity contribution in [1.29, 1.82) is 0 Å². The van der Waals surface area contributed by atoms with E-state index in [0.29, 0.717) is 6.07 Å². The van der Waals surface area contributed by atoms with Crippen molar-refractivity contribution >= 4 is 34.3 Å². The third-order valence-electron chi connectivity index (χ3n) is 2.05. The molecule has 0 amide bonds. The Morgan fingerprint density at radius 1 is 1.32 bits per heavy atom. The van der Waals surface area contributed by atoms with Gasteiger partial charge in [0.05, 0.1) is 17.7 Å². The summed E-state index contributed by atoms with van der Waals surface area (Å²) < 4.78 is 55.6. The number of alkyl halides is 3. The molecule has 0 aliphatic carbocycles. The van der Waals surface area contributed by atoms with Crippen LogP contribution in [-0.2, 0) is 15.7 Å². The summed E-state index contributed by atoms with van der Waals surface area (Å²) >= 11 is 1.49.